The van der Waals surface area contributed by atoms with Crippen molar-refractivity contribution in [3.63, 3.8) is 0 Å². The van der Waals surface area contributed by atoms with E-state index >= 15 is 0 Å². The number of alkyl halides is 3. The Kier molecular flexibility index (Phi) is 6.17. The van der Waals surface area contributed by atoms with Crippen molar-refractivity contribution < 1.29 is 32.8 Å². The Morgan fingerprint density at radius 2 is 1.68 bits per heavy atom. The van der Waals surface area contributed by atoms with E-state index in [0.29, 0.717) is 0 Å². The van der Waals surface area contributed by atoms with Crippen molar-refractivity contribution >= 4 is 17.6 Å². The van der Waals surface area contributed by atoms with Crippen molar-refractivity contribution in [3.05, 3.63) is 24.3 Å². The molecule has 0 saturated heterocycles. The predicted molar refractivity (Wildman–Crippen MR) is 58.1 cm³/mol. The number of benzene rings is 1. The predicted octanol–water partition coefficient (Wildman–Crippen LogP) is -2.02. The highest BCUT2D eigenvalue weighted by atomic mass is 19.4. The summed E-state index contributed by atoms with van der Waals surface area (Å²) in [7, 11) is 1.62. The van der Waals surface area contributed by atoms with Crippen molar-refractivity contribution in [2.75, 3.05) is 7.11 Å². The minimum atomic E-state index is -5.19. The number of carbonyl (C=O) groups is 1. The van der Waals surface area contributed by atoms with E-state index in [1.54, 1.807) is 7.11 Å². The molecule has 0 spiro atoms. The lowest BCUT2D eigenvalue weighted by atomic mass is 10.3. The maximum atomic E-state index is 10.5. The lowest BCUT2D eigenvalue weighted by Crippen LogP contribution is -2.72. The topological polar surface area (TPSA) is 115 Å². The highest BCUT2D eigenvalue weighted by molar-refractivity contribution is 5.70. The highest BCUT2D eigenvalue weighted by Crippen LogP contribution is 2.11. The summed E-state index contributed by atoms with van der Waals surface area (Å²) in [5, 5.41) is 8.78. The first kappa shape index (κ1) is 16.6. The number of halogens is 3. The van der Waals surface area contributed by atoms with Crippen LogP contribution in [0.3, 0.4) is 0 Å². The van der Waals surface area contributed by atoms with Crippen LogP contribution in [0.2, 0.25) is 0 Å². The standard InChI is InChI=1S/C8H11N3O.C2HF3O2/c1-12-7-4-2-6(3-5-7)11-8(9)10;3-2(4,5)1(6)7/h2-5H,1H3,(H4,9,10,11);(H,6,7). The normalized spacial score (nSPS) is 9.89. The van der Waals surface area contributed by atoms with Gasteiger partial charge >= 0.3 is 12.1 Å². The van der Waals surface area contributed by atoms with Gasteiger partial charge in [0.2, 0.25) is 0 Å². The Morgan fingerprint density at radius 3 is 1.95 bits per heavy atom. The van der Waals surface area contributed by atoms with Gasteiger partial charge in [-0.1, -0.05) is 0 Å². The number of methoxy groups -OCH3 is 1. The first-order chi connectivity index (χ1) is 8.66. The number of nitrogens with one attached hydrogen (secondary N) is 1. The fourth-order valence-electron chi connectivity index (χ4n) is 0.841. The van der Waals surface area contributed by atoms with E-state index in [2.05, 4.69) is 4.99 Å². The lowest BCUT2D eigenvalue weighted by molar-refractivity contribution is -0.356. The van der Waals surface area contributed by atoms with Crippen LogP contribution in [0.15, 0.2) is 24.3 Å². The molecule has 9 heteroatoms. The molecule has 0 fully saturated rings. The summed E-state index contributed by atoms with van der Waals surface area (Å²) in [6.07, 6.45) is -5.19. The summed E-state index contributed by atoms with van der Waals surface area (Å²) in [6.45, 7) is 0. The lowest BCUT2D eigenvalue weighted by Gasteiger charge is -2.03. The minimum absolute atomic E-state index is 0.181. The van der Waals surface area contributed by atoms with E-state index < -0.39 is 12.1 Å². The van der Waals surface area contributed by atoms with Crippen LogP contribution in [-0.4, -0.2) is 25.2 Å². The van der Waals surface area contributed by atoms with Crippen LogP contribution in [-0.2, 0) is 4.79 Å². The molecule has 0 amide bonds. The molecule has 0 atom stereocenters. The molecule has 19 heavy (non-hydrogen) atoms. The van der Waals surface area contributed by atoms with Gasteiger partial charge in [-0.3, -0.25) is 11.5 Å². The molecule has 0 aliphatic carbocycles. The molecule has 0 heterocycles. The average Bonchev–Trinajstić information content (AvgIpc) is 2.28. The molecule has 106 valence electrons. The zero-order valence-electron chi connectivity index (χ0n) is 9.82. The maximum absolute atomic E-state index is 10.5. The zero-order chi connectivity index (χ0) is 15.1. The van der Waals surface area contributed by atoms with Gasteiger partial charge in [0.15, 0.2) is 0 Å². The number of carbonyl (C=O) groups excluding carboxylic acids is 1. The molecule has 0 unspecified atom stereocenters. The van der Waals surface area contributed by atoms with Gasteiger partial charge < -0.3 is 14.6 Å². The second kappa shape index (κ2) is 7.09. The highest BCUT2D eigenvalue weighted by Gasteiger charge is 2.28. The van der Waals surface area contributed by atoms with Crippen LogP contribution >= 0.6 is 0 Å². The SMILES string of the molecule is COc1ccc([NH+]=C(N)N)cc1.O=C([O-])C(F)(F)F. The second-order valence-corrected chi connectivity index (χ2v) is 3.09. The fourth-order valence-corrected chi connectivity index (χ4v) is 0.841. The number of aliphatic carboxylic acids is 1. The van der Waals surface area contributed by atoms with Gasteiger partial charge in [0.25, 0.3) is 0 Å². The fraction of sp³-hybridized carbons (Fsp3) is 0.200. The summed E-state index contributed by atoms with van der Waals surface area (Å²) in [5.74, 6) is -2.02. The van der Waals surface area contributed by atoms with Crippen molar-refractivity contribution in [2.45, 2.75) is 6.18 Å². The maximum Gasteiger partial charge on any atom is 0.430 e. The largest absolute Gasteiger partial charge is 0.542 e. The van der Waals surface area contributed by atoms with Crippen molar-refractivity contribution in [3.8, 4) is 5.75 Å². The molecule has 5 N–H and O–H groups in total. The number of rotatable bonds is 2. The Balaban J connectivity index is 0.000000399. The third-order valence-electron chi connectivity index (χ3n) is 1.61. The van der Waals surface area contributed by atoms with Gasteiger partial charge in [-0.2, -0.15) is 13.2 Å². The minimum Gasteiger partial charge on any atom is -0.542 e. The van der Waals surface area contributed by atoms with Crippen LogP contribution in [0.1, 0.15) is 0 Å². The van der Waals surface area contributed by atoms with Crippen LogP contribution in [0, 0.1) is 0 Å². The molecule has 0 radical (unpaired) electrons. The summed E-state index contributed by atoms with van der Waals surface area (Å²) in [5.41, 5.74) is 11.3. The van der Waals surface area contributed by atoms with Crippen LogP contribution in [0.5, 0.6) is 5.75 Å². The van der Waals surface area contributed by atoms with E-state index in [-0.39, 0.29) is 5.96 Å². The van der Waals surface area contributed by atoms with Gasteiger partial charge in [0, 0.05) is 0 Å². The average molecular weight is 279 g/mol. The molecule has 0 saturated carbocycles. The first-order valence-corrected chi connectivity index (χ1v) is 4.74. The molecular formula is C10H12F3N3O3. The Hall–Kier alpha value is -2.45. The Morgan fingerprint density at radius 1 is 1.26 bits per heavy atom. The van der Waals surface area contributed by atoms with Gasteiger partial charge in [0.1, 0.15) is 11.7 Å². The molecule has 0 aromatic heterocycles. The van der Waals surface area contributed by atoms with Crippen LogP contribution in [0.25, 0.3) is 0 Å². The molecule has 0 bridgehead atoms. The summed E-state index contributed by atoms with van der Waals surface area (Å²) in [4.78, 5) is 11.6. The first-order valence-electron chi connectivity index (χ1n) is 4.74. The number of ether oxygens (including phenoxy) is 1. The Labute approximate surface area is 106 Å². The molecule has 1 aromatic rings. The summed E-state index contributed by atoms with van der Waals surface area (Å²) >= 11 is 0. The number of nitrogens with two attached hydrogens (primary N) is 2. The molecule has 6 nitrogen and oxygen atoms in total. The molecular weight excluding hydrogens is 267 g/mol. The second-order valence-electron chi connectivity index (χ2n) is 3.09. The zero-order valence-corrected chi connectivity index (χ0v) is 9.82. The van der Waals surface area contributed by atoms with Crippen LogP contribution < -0.4 is 26.3 Å². The van der Waals surface area contributed by atoms with Gasteiger partial charge in [-0.25, -0.2) is 4.99 Å². The number of carboxylic acids is 1. The third-order valence-corrected chi connectivity index (χ3v) is 1.61. The number of carboxylic acid groups (broad SMARTS) is 1. The van der Waals surface area contributed by atoms with Crippen LogP contribution in [0.4, 0.5) is 18.9 Å². The van der Waals surface area contributed by atoms with E-state index in [4.69, 9.17) is 26.1 Å². The van der Waals surface area contributed by atoms with Gasteiger partial charge in [0.05, 0.1) is 12.8 Å². The molecule has 1 rings (SSSR count). The number of hydrogen-bond donors (Lipinski definition) is 3. The van der Waals surface area contributed by atoms with Crippen molar-refractivity contribution in [1.29, 1.82) is 0 Å². The smallest absolute Gasteiger partial charge is 0.430 e. The van der Waals surface area contributed by atoms with E-state index in [1.165, 1.54) is 0 Å². The molecule has 1 aromatic carbocycles. The van der Waals surface area contributed by atoms with Gasteiger partial charge in [-0.15, -0.1) is 0 Å². The van der Waals surface area contributed by atoms with E-state index in [1.807, 2.05) is 24.3 Å². The van der Waals surface area contributed by atoms with Crippen molar-refractivity contribution in [2.24, 2.45) is 11.5 Å². The molecule has 0 aliphatic rings. The molecule has 0 aliphatic heterocycles. The van der Waals surface area contributed by atoms with E-state index in [0.717, 1.165) is 11.4 Å². The number of hydrogen-bond acceptors (Lipinski definition) is 3. The summed E-state index contributed by atoms with van der Waals surface area (Å²) in [6, 6.07) is 7.31. The monoisotopic (exact) mass is 279 g/mol. The quantitative estimate of drug-likeness (QED) is 0.427. The Bertz CT molecular complexity index is 440. The van der Waals surface area contributed by atoms with E-state index in [9.17, 15) is 13.2 Å². The summed E-state index contributed by atoms with van der Waals surface area (Å²) < 4.78 is 36.5. The van der Waals surface area contributed by atoms with Gasteiger partial charge in [-0.05, 0) is 24.3 Å². The van der Waals surface area contributed by atoms with Crippen molar-refractivity contribution in [1.82, 2.24) is 0 Å². The number of guanidine groups is 1. The third kappa shape index (κ3) is 7.47.